The lowest BCUT2D eigenvalue weighted by Gasteiger charge is -2.20. The molecule has 0 saturated carbocycles. The van der Waals surface area contributed by atoms with Gasteiger partial charge < -0.3 is 5.73 Å². The summed E-state index contributed by atoms with van der Waals surface area (Å²) in [6, 6.07) is 6.01. The van der Waals surface area contributed by atoms with E-state index >= 15 is 0 Å². The largest absolute Gasteiger partial charge is 0.399 e. The molecule has 1 unspecified atom stereocenters. The Balaban J connectivity index is 2.49. The second kappa shape index (κ2) is 5.69. The van der Waals surface area contributed by atoms with Crippen molar-refractivity contribution in [2.45, 2.75) is 33.2 Å². The lowest BCUT2D eigenvalue weighted by atomic mass is 10.0. The van der Waals surface area contributed by atoms with Gasteiger partial charge in [-0.05, 0) is 41.0 Å². The van der Waals surface area contributed by atoms with Crippen LogP contribution >= 0.6 is 15.9 Å². The van der Waals surface area contributed by atoms with Crippen molar-refractivity contribution in [3.8, 4) is 11.4 Å². The molecular formula is C13H18BrN5. The Morgan fingerprint density at radius 2 is 2.05 bits per heavy atom. The summed E-state index contributed by atoms with van der Waals surface area (Å²) in [4.78, 5) is 0. The van der Waals surface area contributed by atoms with E-state index in [1.807, 2.05) is 22.9 Å². The molecule has 0 amide bonds. The topological polar surface area (TPSA) is 69.6 Å². The average Bonchev–Trinajstić information content (AvgIpc) is 2.77. The van der Waals surface area contributed by atoms with E-state index in [1.165, 1.54) is 0 Å². The van der Waals surface area contributed by atoms with Crippen LogP contribution in [-0.4, -0.2) is 20.2 Å². The molecule has 0 fully saturated rings. The van der Waals surface area contributed by atoms with Crippen LogP contribution in [0.1, 0.15) is 33.2 Å². The van der Waals surface area contributed by atoms with Crippen LogP contribution in [0, 0.1) is 5.92 Å². The summed E-state index contributed by atoms with van der Waals surface area (Å²) in [7, 11) is 0. The highest BCUT2D eigenvalue weighted by molar-refractivity contribution is 9.10. The molecule has 1 heterocycles. The molecule has 0 radical (unpaired) electrons. The molecule has 0 saturated heterocycles. The highest BCUT2D eigenvalue weighted by atomic mass is 79.9. The highest BCUT2D eigenvalue weighted by Gasteiger charge is 2.20. The maximum atomic E-state index is 5.88. The number of nitrogens with two attached hydrogens (primary N) is 1. The van der Waals surface area contributed by atoms with Crippen molar-refractivity contribution in [3.63, 3.8) is 0 Å². The van der Waals surface area contributed by atoms with Gasteiger partial charge in [0, 0.05) is 15.7 Å². The molecule has 1 aromatic carbocycles. The molecule has 102 valence electrons. The number of halogens is 1. The second-order valence-corrected chi connectivity index (χ2v) is 5.86. The fourth-order valence-corrected chi connectivity index (χ4v) is 2.79. The average molecular weight is 324 g/mol. The molecule has 5 nitrogen and oxygen atoms in total. The lowest BCUT2D eigenvalue weighted by Crippen LogP contribution is -2.17. The lowest BCUT2D eigenvalue weighted by molar-refractivity contribution is 0.333. The normalized spacial score (nSPS) is 12.9. The van der Waals surface area contributed by atoms with Crippen LogP contribution in [-0.2, 0) is 0 Å². The van der Waals surface area contributed by atoms with E-state index in [0.29, 0.717) is 11.6 Å². The van der Waals surface area contributed by atoms with Gasteiger partial charge in [-0.25, -0.2) is 4.68 Å². The number of anilines is 1. The summed E-state index contributed by atoms with van der Waals surface area (Å²) in [5.74, 6) is 1.23. The summed E-state index contributed by atoms with van der Waals surface area (Å²) in [5, 5.41) is 12.1. The Morgan fingerprint density at radius 3 is 2.63 bits per heavy atom. The van der Waals surface area contributed by atoms with Crippen LogP contribution in [0.15, 0.2) is 22.7 Å². The van der Waals surface area contributed by atoms with Crippen LogP contribution in [0.5, 0.6) is 0 Å². The maximum Gasteiger partial charge on any atom is 0.182 e. The first-order valence-electron chi connectivity index (χ1n) is 6.37. The zero-order chi connectivity index (χ0) is 14.0. The number of hydrogen-bond donors (Lipinski definition) is 1. The predicted molar refractivity (Wildman–Crippen MR) is 79.5 cm³/mol. The minimum absolute atomic E-state index is 0.283. The van der Waals surface area contributed by atoms with Gasteiger partial charge in [0.2, 0.25) is 0 Å². The first-order chi connectivity index (χ1) is 9.02. The zero-order valence-electron chi connectivity index (χ0n) is 11.3. The van der Waals surface area contributed by atoms with Gasteiger partial charge in [0.15, 0.2) is 5.82 Å². The summed E-state index contributed by atoms with van der Waals surface area (Å²) in [6.07, 6.45) is 0.985. The Hall–Kier alpha value is -1.43. The van der Waals surface area contributed by atoms with Crippen LogP contribution in [0.25, 0.3) is 11.4 Å². The van der Waals surface area contributed by atoms with Crippen LogP contribution in [0.3, 0.4) is 0 Å². The molecule has 2 aromatic rings. The molecule has 0 aliphatic rings. The van der Waals surface area contributed by atoms with Gasteiger partial charge >= 0.3 is 0 Å². The van der Waals surface area contributed by atoms with E-state index in [2.05, 4.69) is 52.2 Å². The van der Waals surface area contributed by atoms with Crippen molar-refractivity contribution < 1.29 is 0 Å². The van der Waals surface area contributed by atoms with E-state index in [-0.39, 0.29) is 6.04 Å². The number of rotatable bonds is 4. The third-order valence-corrected chi connectivity index (χ3v) is 3.63. The minimum atomic E-state index is 0.283. The quantitative estimate of drug-likeness (QED) is 0.876. The molecule has 2 rings (SSSR count). The Bertz CT molecular complexity index is 544. The van der Waals surface area contributed by atoms with Crippen molar-refractivity contribution in [1.29, 1.82) is 0 Å². The van der Waals surface area contributed by atoms with Crippen LogP contribution in [0.4, 0.5) is 5.69 Å². The fourth-order valence-electron chi connectivity index (χ4n) is 2.28. The van der Waals surface area contributed by atoms with Gasteiger partial charge in [0.05, 0.1) is 6.04 Å². The molecule has 0 aliphatic heterocycles. The van der Waals surface area contributed by atoms with E-state index in [1.54, 1.807) is 0 Å². The van der Waals surface area contributed by atoms with Crippen molar-refractivity contribution in [2.24, 2.45) is 5.92 Å². The number of nitrogen functional groups attached to an aromatic ring is 1. The first kappa shape index (κ1) is 14.0. The fraction of sp³-hybridized carbons (Fsp3) is 0.462. The summed E-state index contributed by atoms with van der Waals surface area (Å²) < 4.78 is 2.82. The van der Waals surface area contributed by atoms with Gasteiger partial charge in [-0.15, -0.1) is 5.10 Å². The van der Waals surface area contributed by atoms with Gasteiger partial charge in [-0.2, -0.15) is 0 Å². The molecule has 0 bridgehead atoms. The predicted octanol–water partition coefficient (Wildman–Crippen LogP) is 3.29. The zero-order valence-corrected chi connectivity index (χ0v) is 12.9. The van der Waals surface area contributed by atoms with Crippen molar-refractivity contribution in [1.82, 2.24) is 20.2 Å². The maximum absolute atomic E-state index is 5.88. The van der Waals surface area contributed by atoms with Gasteiger partial charge in [-0.1, -0.05) is 36.7 Å². The molecule has 6 heteroatoms. The Morgan fingerprint density at radius 1 is 1.32 bits per heavy atom. The van der Waals surface area contributed by atoms with Crippen molar-refractivity contribution >= 4 is 21.6 Å². The van der Waals surface area contributed by atoms with E-state index in [4.69, 9.17) is 5.73 Å². The summed E-state index contributed by atoms with van der Waals surface area (Å²) >= 11 is 3.45. The highest BCUT2D eigenvalue weighted by Crippen LogP contribution is 2.29. The molecular weight excluding hydrogens is 306 g/mol. The number of aromatic nitrogens is 4. The second-order valence-electron chi connectivity index (χ2n) is 4.94. The smallest absolute Gasteiger partial charge is 0.182 e. The van der Waals surface area contributed by atoms with Gasteiger partial charge in [0.25, 0.3) is 0 Å². The Kier molecular flexibility index (Phi) is 4.19. The standard InChI is InChI=1S/C13H18BrN5/c1-4-12(8(2)3)19-13(16-17-18-19)9-5-10(14)7-11(15)6-9/h5-8,12H,4,15H2,1-3H3. The molecule has 1 atom stereocenters. The Labute approximate surface area is 121 Å². The molecule has 1 aromatic heterocycles. The van der Waals surface area contributed by atoms with Crippen LogP contribution in [0.2, 0.25) is 0 Å². The number of hydrogen-bond acceptors (Lipinski definition) is 4. The monoisotopic (exact) mass is 323 g/mol. The molecule has 2 N–H and O–H groups in total. The molecule has 19 heavy (non-hydrogen) atoms. The minimum Gasteiger partial charge on any atom is -0.399 e. The summed E-state index contributed by atoms with van der Waals surface area (Å²) in [6.45, 7) is 6.50. The number of tetrazole rings is 1. The van der Waals surface area contributed by atoms with Crippen LogP contribution < -0.4 is 5.73 Å². The van der Waals surface area contributed by atoms with E-state index in [0.717, 1.165) is 22.3 Å². The number of nitrogens with zero attached hydrogens (tertiary/aromatic N) is 4. The van der Waals surface area contributed by atoms with E-state index < -0.39 is 0 Å². The molecule has 0 aliphatic carbocycles. The first-order valence-corrected chi connectivity index (χ1v) is 7.16. The number of benzene rings is 1. The van der Waals surface area contributed by atoms with Crippen molar-refractivity contribution in [3.05, 3.63) is 22.7 Å². The summed E-state index contributed by atoms with van der Waals surface area (Å²) in [5.41, 5.74) is 7.49. The molecule has 0 spiro atoms. The van der Waals surface area contributed by atoms with E-state index in [9.17, 15) is 0 Å². The third kappa shape index (κ3) is 2.94. The van der Waals surface area contributed by atoms with Gasteiger partial charge in [-0.3, -0.25) is 0 Å². The third-order valence-electron chi connectivity index (χ3n) is 3.17. The van der Waals surface area contributed by atoms with Gasteiger partial charge in [0.1, 0.15) is 0 Å². The SMILES string of the molecule is CCC(C(C)C)n1nnnc1-c1cc(N)cc(Br)c1. The van der Waals surface area contributed by atoms with Crippen molar-refractivity contribution in [2.75, 3.05) is 5.73 Å².